The number of carbonyl (C=O) groups excluding carboxylic acids is 3. The van der Waals surface area contributed by atoms with Gasteiger partial charge in [0.1, 0.15) is 0 Å². The highest BCUT2D eigenvalue weighted by Gasteiger charge is 2.29. The summed E-state index contributed by atoms with van der Waals surface area (Å²) in [6, 6.07) is 11.2. The van der Waals surface area contributed by atoms with Crippen LogP contribution in [0.3, 0.4) is 0 Å². The van der Waals surface area contributed by atoms with E-state index in [9.17, 15) is 14.4 Å². The summed E-state index contributed by atoms with van der Waals surface area (Å²) in [7, 11) is 2.47. The van der Waals surface area contributed by atoms with Gasteiger partial charge in [-0.15, -0.1) is 11.8 Å². The maximum absolute atomic E-state index is 13.1. The van der Waals surface area contributed by atoms with E-state index < -0.39 is 17.9 Å². The molecule has 7 heteroatoms. The smallest absolute Gasteiger partial charge is 0.320 e. The molecule has 0 N–H and O–H groups in total. The molecule has 0 aliphatic heterocycles. The van der Waals surface area contributed by atoms with Gasteiger partial charge in [0, 0.05) is 12.1 Å². The van der Waals surface area contributed by atoms with Crippen LogP contribution in [-0.4, -0.2) is 42.8 Å². The standard InChI is InChI=1S/C21H25NO5S/c1-5-14-7-6-8-15(13-14)19(23)17-9-10-18(28-4)22(17)12-11-16(20(24)26-2)21(25)27-3/h6-10,13,16H,5,11-12H2,1-4H3. The highest BCUT2D eigenvalue weighted by Crippen LogP contribution is 2.24. The van der Waals surface area contributed by atoms with Gasteiger partial charge in [-0.25, -0.2) is 0 Å². The van der Waals surface area contributed by atoms with Gasteiger partial charge in [0.05, 0.1) is 24.9 Å². The number of ether oxygens (including phenoxy) is 2. The number of hydrogen-bond donors (Lipinski definition) is 0. The van der Waals surface area contributed by atoms with Gasteiger partial charge in [-0.2, -0.15) is 0 Å². The molecule has 0 aliphatic carbocycles. The van der Waals surface area contributed by atoms with Gasteiger partial charge < -0.3 is 14.0 Å². The van der Waals surface area contributed by atoms with Crippen molar-refractivity contribution in [2.24, 2.45) is 5.92 Å². The predicted molar refractivity (Wildman–Crippen MR) is 108 cm³/mol. The SMILES string of the molecule is CCc1cccc(C(=O)c2ccc(SC)n2CCC(C(=O)OC)C(=O)OC)c1. The van der Waals surface area contributed by atoms with Crippen molar-refractivity contribution in [3.63, 3.8) is 0 Å². The minimum atomic E-state index is -1.03. The molecule has 0 saturated heterocycles. The summed E-state index contributed by atoms with van der Waals surface area (Å²) in [6.45, 7) is 2.35. The van der Waals surface area contributed by atoms with Gasteiger partial charge in [0.2, 0.25) is 5.78 Å². The van der Waals surface area contributed by atoms with Gasteiger partial charge in [-0.05, 0) is 42.9 Å². The van der Waals surface area contributed by atoms with Crippen molar-refractivity contribution in [2.45, 2.75) is 31.3 Å². The van der Waals surface area contributed by atoms with Crippen LogP contribution < -0.4 is 0 Å². The van der Waals surface area contributed by atoms with Crippen LogP contribution in [-0.2, 0) is 32.0 Å². The molecule has 2 aromatic rings. The van der Waals surface area contributed by atoms with E-state index in [0.29, 0.717) is 17.8 Å². The Morgan fingerprint density at radius 2 is 1.75 bits per heavy atom. The van der Waals surface area contributed by atoms with Crippen molar-refractivity contribution in [3.05, 3.63) is 53.2 Å². The van der Waals surface area contributed by atoms with E-state index in [2.05, 4.69) is 0 Å². The van der Waals surface area contributed by atoms with E-state index in [0.717, 1.165) is 17.0 Å². The normalized spacial score (nSPS) is 10.8. The molecular formula is C21H25NO5S. The lowest BCUT2D eigenvalue weighted by Crippen LogP contribution is -2.28. The number of esters is 2. The van der Waals surface area contributed by atoms with Crippen LogP contribution in [0.15, 0.2) is 41.4 Å². The number of ketones is 1. The zero-order valence-corrected chi connectivity index (χ0v) is 17.4. The predicted octanol–water partition coefficient (Wildman–Crippen LogP) is 3.36. The summed E-state index contributed by atoms with van der Waals surface area (Å²) >= 11 is 1.49. The molecule has 1 aromatic heterocycles. The Kier molecular flexibility index (Phi) is 7.87. The monoisotopic (exact) mass is 403 g/mol. The van der Waals surface area contributed by atoms with Crippen molar-refractivity contribution in [2.75, 3.05) is 20.5 Å². The second-order valence-corrected chi connectivity index (χ2v) is 7.01. The molecule has 28 heavy (non-hydrogen) atoms. The molecule has 0 spiro atoms. The zero-order chi connectivity index (χ0) is 20.7. The molecule has 1 aromatic carbocycles. The van der Waals surface area contributed by atoms with E-state index in [1.54, 1.807) is 12.1 Å². The summed E-state index contributed by atoms with van der Waals surface area (Å²) in [5, 5.41) is 0.878. The average molecular weight is 404 g/mol. The topological polar surface area (TPSA) is 74.6 Å². The minimum Gasteiger partial charge on any atom is -0.468 e. The number of carbonyl (C=O) groups is 3. The Morgan fingerprint density at radius 3 is 2.32 bits per heavy atom. The van der Waals surface area contributed by atoms with Gasteiger partial charge >= 0.3 is 11.9 Å². The second-order valence-electron chi connectivity index (χ2n) is 6.18. The van der Waals surface area contributed by atoms with Crippen LogP contribution in [0, 0.1) is 5.92 Å². The van der Waals surface area contributed by atoms with E-state index in [4.69, 9.17) is 9.47 Å². The van der Waals surface area contributed by atoms with E-state index >= 15 is 0 Å². The number of hydrogen-bond acceptors (Lipinski definition) is 6. The molecule has 0 aliphatic rings. The van der Waals surface area contributed by atoms with Crippen LogP contribution in [0.2, 0.25) is 0 Å². The first-order chi connectivity index (χ1) is 13.5. The lowest BCUT2D eigenvalue weighted by Gasteiger charge is -2.16. The first-order valence-corrected chi connectivity index (χ1v) is 10.2. The number of rotatable bonds is 9. The van der Waals surface area contributed by atoms with E-state index in [1.807, 2.05) is 42.0 Å². The third-order valence-electron chi connectivity index (χ3n) is 4.59. The van der Waals surface area contributed by atoms with Crippen LogP contribution in [0.1, 0.15) is 35.0 Å². The molecule has 0 radical (unpaired) electrons. The quantitative estimate of drug-likeness (QED) is 0.277. The fraction of sp³-hybridized carbons (Fsp3) is 0.381. The Labute approximate surface area is 169 Å². The van der Waals surface area contributed by atoms with Crippen LogP contribution in [0.5, 0.6) is 0 Å². The second kappa shape index (κ2) is 10.1. The zero-order valence-electron chi connectivity index (χ0n) is 16.6. The molecule has 0 amide bonds. The van der Waals surface area contributed by atoms with E-state index in [1.165, 1.54) is 26.0 Å². The molecule has 0 fully saturated rings. The number of aromatic nitrogens is 1. The average Bonchev–Trinajstić information content (AvgIpc) is 3.15. The Bertz CT molecular complexity index is 842. The maximum Gasteiger partial charge on any atom is 0.320 e. The van der Waals surface area contributed by atoms with Crippen molar-refractivity contribution < 1.29 is 23.9 Å². The largest absolute Gasteiger partial charge is 0.468 e. The van der Waals surface area contributed by atoms with Gasteiger partial charge in [-0.1, -0.05) is 25.1 Å². The highest BCUT2D eigenvalue weighted by molar-refractivity contribution is 7.98. The lowest BCUT2D eigenvalue weighted by atomic mass is 10.0. The van der Waals surface area contributed by atoms with Gasteiger partial charge in [0.15, 0.2) is 5.92 Å². The molecule has 1 heterocycles. The molecule has 0 bridgehead atoms. The Hall–Kier alpha value is -2.54. The molecule has 0 unspecified atom stereocenters. The first-order valence-electron chi connectivity index (χ1n) is 8.99. The summed E-state index contributed by atoms with van der Waals surface area (Å²) in [4.78, 5) is 36.9. The molecular weight excluding hydrogens is 378 g/mol. The summed E-state index contributed by atoms with van der Waals surface area (Å²) in [5.41, 5.74) is 2.22. The number of nitrogens with zero attached hydrogens (tertiary/aromatic N) is 1. The van der Waals surface area contributed by atoms with E-state index in [-0.39, 0.29) is 12.2 Å². The lowest BCUT2D eigenvalue weighted by molar-refractivity contribution is -0.159. The minimum absolute atomic E-state index is 0.0942. The van der Waals surface area contributed by atoms with Crippen molar-refractivity contribution in [1.82, 2.24) is 4.57 Å². The summed E-state index contributed by atoms with van der Waals surface area (Å²) in [6.07, 6.45) is 2.94. The van der Waals surface area contributed by atoms with Gasteiger partial charge in [0.25, 0.3) is 0 Å². The maximum atomic E-state index is 13.1. The number of thioether (sulfide) groups is 1. The van der Waals surface area contributed by atoms with Crippen LogP contribution in [0.4, 0.5) is 0 Å². The Morgan fingerprint density at radius 1 is 1.07 bits per heavy atom. The van der Waals surface area contributed by atoms with Crippen LogP contribution in [0.25, 0.3) is 0 Å². The first kappa shape index (κ1) is 21.8. The van der Waals surface area contributed by atoms with Crippen molar-refractivity contribution >= 4 is 29.5 Å². The Balaban J connectivity index is 2.31. The molecule has 150 valence electrons. The fourth-order valence-corrected chi connectivity index (χ4v) is 3.63. The van der Waals surface area contributed by atoms with Crippen molar-refractivity contribution in [1.29, 1.82) is 0 Å². The molecule has 2 rings (SSSR count). The molecule has 0 atom stereocenters. The fourth-order valence-electron chi connectivity index (χ4n) is 3.01. The third kappa shape index (κ3) is 4.84. The summed E-state index contributed by atoms with van der Waals surface area (Å²) < 4.78 is 11.3. The number of methoxy groups -OCH3 is 2. The third-order valence-corrected chi connectivity index (χ3v) is 5.37. The highest BCUT2D eigenvalue weighted by atomic mass is 32.2. The van der Waals surface area contributed by atoms with Crippen LogP contribution >= 0.6 is 11.8 Å². The van der Waals surface area contributed by atoms with Crippen molar-refractivity contribution in [3.8, 4) is 0 Å². The van der Waals surface area contributed by atoms with Gasteiger partial charge in [-0.3, -0.25) is 14.4 Å². The molecule has 0 saturated carbocycles. The molecule has 6 nitrogen and oxygen atoms in total. The number of benzene rings is 1. The summed E-state index contributed by atoms with van der Waals surface area (Å²) in [5.74, 6) is -2.41. The number of aryl methyl sites for hydroxylation is 1.